The summed E-state index contributed by atoms with van der Waals surface area (Å²) in [5.41, 5.74) is 12.4. The van der Waals surface area contributed by atoms with Crippen LogP contribution < -0.4 is 5.73 Å². The van der Waals surface area contributed by atoms with Crippen molar-refractivity contribution < 1.29 is 23.7 Å². The zero-order valence-corrected chi connectivity index (χ0v) is 26.6. The van der Waals surface area contributed by atoms with Crippen molar-refractivity contribution in [3.63, 3.8) is 0 Å². The van der Waals surface area contributed by atoms with E-state index in [0.29, 0.717) is 33.0 Å². The Bertz CT molecular complexity index is 1470. The van der Waals surface area contributed by atoms with Gasteiger partial charge in [-0.15, -0.1) is 0 Å². The SMILES string of the molecule is NC1[C@H](OCc2ccccc2)[C@H](OCc2ccccc2)C(OCc2ccccc2)[C@H](OCc2ccccc2)[C@H]1OCc1ccccc1. The fraction of sp³-hybridized carbons (Fsp3) is 0.268. The third-order valence-corrected chi connectivity index (χ3v) is 8.48. The van der Waals surface area contributed by atoms with Crippen molar-refractivity contribution in [3.8, 4) is 0 Å². The van der Waals surface area contributed by atoms with Crippen molar-refractivity contribution in [1.29, 1.82) is 0 Å². The third kappa shape index (κ3) is 9.24. The van der Waals surface area contributed by atoms with Crippen LogP contribution in [0.2, 0.25) is 0 Å². The van der Waals surface area contributed by atoms with E-state index in [0.717, 1.165) is 27.8 Å². The van der Waals surface area contributed by atoms with Crippen molar-refractivity contribution in [2.75, 3.05) is 0 Å². The van der Waals surface area contributed by atoms with Gasteiger partial charge in [0.15, 0.2) is 0 Å². The molecule has 0 heterocycles. The Balaban J connectivity index is 1.35. The molecule has 0 aliphatic heterocycles. The van der Waals surface area contributed by atoms with Crippen LogP contribution in [-0.4, -0.2) is 36.6 Å². The summed E-state index contributed by atoms with van der Waals surface area (Å²) in [4.78, 5) is 0. The van der Waals surface area contributed by atoms with E-state index in [1.54, 1.807) is 0 Å². The van der Waals surface area contributed by atoms with Gasteiger partial charge in [-0.3, -0.25) is 0 Å². The first kappa shape index (κ1) is 32.8. The van der Waals surface area contributed by atoms with E-state index in [1.807, 2.05) is 115 Å². The highest BCUT2D eigenvalue weighted by Gasteiger charge is 2.53. The summed E-state index contributed by atoms with van der Waals surface area (Å²) < 4.78 is 33.7. The smallest absolute Gasteiger partial charge is 0.115 e. The highest BCUT2D eigenvalue weighted by Crippen LogP contribution is 2.34. The molecule has 0 spiro atoms. The molecule has 6 rings (SSSR count). The van der Waals surface area contributed by atoms with Crippen molar-refractivity contribution in [3.05, 3.63) is 179 Å². The molecule has 1 aliphatic carbocycles. The maximum atomic E-state index is 7.17. The maximum absolute atomic E-state index is 7.17. The second kappa shape index (κ2) is 17.1. The molecule has 5 aromatic rings. The van der Waals surface area contributed by atoms with Crippen LogP contribution >= 0.6 is 0 Å². The first-order valence-corrected chi connectivity index (χ1v) is 16.3. The van der Waals surface area contributed by atoms with Gasteiger partial charge in [0.1, 0.15) is 30.5 Å². The van der Waals surface area contributed by atoms with Gasteiger partial charge < -0.3 is 29.4 Å². The Morgan fingerprint density at radius 2 is 0.489 bits per heavy atom. The zero-order valence-electron chi connectivity index (χ0n) is 26.6. The molecule has 47 heavy (non-hydrogen) atoms. The average Bonchev–Trinajstić information content (AvgIpc) is 3.14. The molecule has 6 atom stereocenters. The van der Waals surface area contributed by atoms with E-state index < -0.39 is 36.6 Å². The molecule has 0 radical (unpaired) electrons. The molecule has 2 unspecified atom stereocenters. The van der Waals surface area contributed by atoms with Crippen LogP contribution in [0.1, 0.15) is 27.8 Å². The van der Waals surface area contributed by atoms with E-state index in [-0.39, 0.29) is 0 Å². The highest BCUT2D eigenvalue weighted by atomic mass is 16.6. The first-order chi connectivity index (χ1) is 23.2. The Morgan fingerprint density at radius 1 is 0.298 bits per heavy atom. The predicted molar refractivity (Wildman–Crippen MR) is 183 cm³/mol. The van der Waals surface area contributed by atoms with E-state index >= 15 is 0 Å². The first-order valence-electron chi connectivity index (χ1n) is 16.3. The van der Waals surface area contributed by atoms with Crippen molar-refractivity contribution in [2.24, 2.45) is 5.73 Å². The van der Waals surface area contributed by atoms with E-state index in [2.05, 4.69) is 36.4 Å². The number of nitrogens with two attached hydrogens (primary N) is 1. The summed E-state index contributed by atoms with van der Waals surface area (Å²) in [5.74, 6) is 0. The molecule has 6 heteroatoms. The Hall–Kier alpha value is -4.14. The second-order valence-electron chi connectivity index (χ2n) is 11.9. The Labute approximate surface area is 278 Å². The molecule has 6 nitrogen and oxygen atoms in total. The van der Waals surface area contributed by atoms with Crippen LogP contribution in [0.4, 0.5) is 0 Å². The van der Waals surface area contributed by atoms with Gasteiger partial charge in [0.25, 0.3) is 0 Å². The molecule has 5 aromatic carbocycles. The van der Waals surface area contributed by atoms with E-state index in [9.17, 15) is 0 Å². The minimum atomic E-state index is -0.569. The van der Waals surface area contributed by atoms with Gasteiger partial charge in [0.05, 0.1) is 39.1 Å². The van der Waals surface area contributed by atoms with E-state index in [1.165, 1.54) is 0 Å². The van der Waals surface area contributed by atoms with Crippen LogP contribution in [0.15, 0.2) is 152 Å². The summed E-state index contributed by atoms with van der Waals surface area (Å²) in [6.07, 6.45) is -2.73. The highest BCUT2D eigenvalue weighted by molar-refractivity contribution is 5.18. The lowest BCUT2D eigenvalue weighted by Crippen LogP contribution is -2.69. The quantitative estimate of drug-likeness (QED) is 0.132. The number of benzene rings is 5. The third-order valence-electron chi connectivity index (χ3n) is 8.48. The molecule has 2 N–H and O–H groups in total. The van der Waals surface area contributed by atoms with Crippen LogP contribution in [0.5, 0.6) is 0 Å². The fourth-order valence-electron chi connectivity index (χ4n) is 6.00. The molecule has 1 aliphatic rings. The molecular formula is C41H43NO5. The minimum Gasteiger partial charge on any atom is -0.369 e. The minimum absolute atomic E-state index is 0.369. The van der Waals surface area contributed by atoms with Gasteiger partial charge in [-0.05, 0) is 27.8 Å². The average molecular weight is 630 g/mol. The van der Waals surface area contributed by atoms with Crippen molar-refractivity contribution in [1.82, 2.24) is 0 Å². The van der Waals surface area contributed by atoms with Gasteiger partial charge in [0, 0.05) is 0 Å². The summed E-state index contributed by atoms with van der Waals surface area (Å²) in [6.45, 7) is 1.85. The van der Waals surface area contributed by atoms with Gasteiger partial charge in [-0.25, -0.2) is 0 Å². The zero-order chi connectivity index (χ0) is 32.1. The van der Waals surface area contributed by atoms with Gasteiger partial charge in [-0.1, -0.05) is 152 Å². The van der Waals surface area contributed by atoms with Crippen LogP contribution in [0, 0.1) is 0 Å². The molecule has 242 valence electrons. The molecule has 1 saturated carbocycles. The molecule has 0 bridgehead atoms. The fourth-order valence-corrected chi connectivity index (χ4v) is 6.00. The normalized spacial score (nSPS) is 22.6. The molecule has 1 fully saturated rings. The van der Waals surface area contributed by atoms with Gasteiger partial charge in [0.2, 0.25) is 0 Å². The number of ether oxygens (including phenoxy) is 5. The van der Waals surface area contributed by atoms with E-state index in [4.69, 9.17) is 29.4 Å². The lowest BCUT2D eigenvalue weighted by Gasteiger charge is -2.49. The largest absolute Gasteiger partial charge is 0.369 e. The molecular weight excluding hydrogens is 586 g/mol. The topological polar surface area (TPSA) is 72.2 Å². The van der Waals surface area contributed by atoms with Crippen molar-refractivity contribution in [2.45, 2.75) is 69.6 Å². The van der Waals surface area contributed by atoms with Crippen LogP contribution in [0.25, 0.3) is 0 Å². The maximum Gasteiger partial charge on any atom is 0.115 e. The lowest BCUT2D eigenvalue weighted by atomic mass is 9.82. The van der Waals surface area contributed by atoms with Crippen LogP contribution in [0.3, 0.4) is 0 Å². The number of hydrogen-bond donors (Lipinski definition) is 1. The van der Waals surface area contributed by atoms with Gasteiger partial charge in [-0.2, -0.15) is 0 Å². The Kier molecular flexibility index (Phi) is 12.0. The van der Waals surface area contributed by atoms with Crippen LogP contribution in [-0.2, 0) is 56.7 Å². The van der Waals surface area contributed by atoms with Gasteiger partial charge >= 0.3 is 0 Å². The Morgan fingerprint density at radius 3 is 0.723 bits per heavy atom. The summed E-state index contributed by atoms with van der Waals surface area (Å²) in [7, 11) is 0. The summed E-state index contributed by atoms with van der Waals surface area (Å²) in [6, 6.07) is 50.0. The number of hydrogen-bond acceptors (Lipinski definition) is 6. The molecule has 0 aromatic heterocycles. The standard InChI is InChI=1S/C41H43NO5/c42-36-37(43-26-31-16-6-1-7-17-31)39(45-28-33-20-10-3-11-21-33)41(47-30-35-24-14-5-15-25-35)40(46-29-34-22-12-4-13-23-34)38(36)44-27-32-18-8-2-9-19-32/h1-25,36-41H,26-30,42H2/t36?,37-,38-,39-,40+,41?/m0/s1. The van der Waals surface area contributed by atoms with Crippen molar-refractivity contribution >= 4 is 0 Å². The summed E-state index contributed by atoms with van der Waals surface area (Å²) >= 11 is 0. The molecule has 0 amide bonds. The summed E-state index contributed by atoms with van der Waals surface area (Å²) in [5, 5.41) is 0. The predicted octanol–water partition coefficient (Wildman–Crippen LogP) is 7.25. The monoisotopic (exact) mass is 629 g/mol. The lowest BCUT2D eigenvalue weighted by molar-refractivity contribution is -0.256. The number of rotatable bonds is 15. The second-order valence-corrected chi connectivity index (χ2v) is 11.9. The molecule has 0 saturated heterocycles.